The van der Waals surface area contributed by atoms with E-state index < -0.39 is 27.6 Å². The van der Waals surface area contributed by atoms with Crippen LogP contribution in [0, 0.1) is 6.92 Å². The zero-order valence-corrected chi connectivity index (χ0v) is 19.1. The Morgan fingerprint density at radius 2 is 1.74 bits per heavy atom. The average Bonchev–Trinajstić information content (AvgIpc) is 2.73. The molecule has 0 saturated carbocycles. The van der Waals surface area contributed by atoms with Crippen LogP contribution >= 0.6 is 12.2 Å². The van der Waals surface area contributed by atoms with E-state index in [9.17, 15) is 13.2 Å². The first-order valence-electron chi connectivity index (χ1n) is 9.66. The molecule has 2 N–H and O–H groups in total. The van der Waals surface area contributed by atoms with Gasteiger partial charge in [0.1, 0.15) is 5.75 Å². The van der Waals surface area contributed by atoms with Crippen LogP contribution in [0.5, 0.6) is 5.75 Å². The van der Waals surface area contributed by atoms with Gasteiger partial charge in [-0.15, -0.1) is 0 Å². The second kappa shape index (κ2) is 9.49. The van der Waals surface area contributed by atoms with Crippen LogP contribution in [0.1, 0.15) is 24.1 Å². The smallest absolute Gasteiger partial charge is 0.338 e. The lowest BCUT2D eigenvalue weighted by Gasteiger charge is -2.31. The highest BCUT2D eigenvalue weighted by Crippen LogP contribution is 2.30. The summed E-state index contributed by atoms with van der Waals surface area (Å²) < 4.78 is 36.6. The van der Waals surface area contributed by atoms with Gasteiger partial charge in [-0.2, -0.15) is 0 Å². The molecule has 0 aromatic heterocycles. The first-order valence-corrected chi connectivity index (χ1v) is 11.7. The van der Waals surface area contributed by atoms with E-state index in [4.69, 9.17) is 21.7 Å². The Hall–Kier alpha value is -2.91. The largest absolute Gasteiger partial charge is 0.497 e. The monoisotopic (exact) mass is 460 g/mol. The molecule has 0 spiro atoms. The highest BCUT2D eigenvalue weighted by Gasteiger charge is 2.34. The van der Waals surface area contributed by atoms with E-state index in [2.05, 4.69) is 10.6 Å². The number of methoxy groups -OCH3 is 1. The lowest BCUT2D eigenvalue weighted by molar-refractivity contribution is -0.139. The first-order chi connectivity index (χ1) is 14.7. The van der Waals surface area contributed by atoms with Gasteiger partial charge < -0.3 is 20.1 Å². The summed E-state index contributed by atoms with van der Waals surface area (Å²) in [5.41, 5.74) is 2.05. The van der Waals surface area contributed by atoms with Crippen LogP contribution < -0.4 is 15.4 Å². The van der Waals surface area contributed by atoms with Crippen LogP contribution in [0.3, 0.4) is 0 Å². The molecule has 1 unspecified atom stereocenters. The fraction of sp³-hybridized carbons (Fsp3) is 0.273. The molecule has 0 radical (unpaired) electrons. The average molecular weight is 461 g/mol. The number of sulfone groups is 1. The van der Waals surface area contributed by atoms with Gasteiger partial charge in [-0.25, -0.2) is 13.2 Å². The van der Waals surface area contributed by atoms with Crippen LogP contribution in [0.25, 0.3) is 0 Å². The molecule has 0 fully saturated rings. The predicted molar refractivity (Wildman–Crippen MR) is 121 cm³/mol. The van der Waals surface area contributed by atoms with Crippen molar-refractivity contribution in [3.8, 4) is 5.75 Å². The molecule has 0 amide bonds. The summed E-state index contributed by atoms with van der Waals surface area (Å²) in [6.45, 7) is 3.72. The van der Waals surface area contributed by atoms with Crippen molar-refractivity contribution in [2.24, 2.45) is 0 Å². The molecule has 164 valence electrons. The summed E-state index contributed by atoms with van der Waals surface area (Å²) in [7, 11) is -2.17. The van der Waals surface area contributed by atoms with E-state index in [1.54, 1.807) is 62.6 Å². The molecule has 3 rings (SSSR count). The molecule has 2 aromatic rings. The van der Waals surface area contributed by atoms with E-state index in [-0.39, 0.29) is 27.9 Å². The van der Waals surface area contributed by atoms with Crippen molar-refractivity contribution < 1.29 is 22.7 Å². The van der Waals surface area contributed by atoms with Crippen molar-refractivity contribution in [1.82, 2.24) is 10.6 Å². The summed E-state index contributed by atoms with van der Waals surface area (Å²) in [6, 6.07) is 13.0. The van der Waals surface area contributed by atoms with Gasteiger partial charge >= 0.3 is 5.97 Å². The van der Waals surface area contributed by atoms with Crippen molar-refractivity contribution >= 4 is 33.1 Å². The van der Waals surface area contributed by atoms with Gasteiger partial charge in [-0.05, 0) is 55.9 Å². The van der Waals surface area contributed by atoms with Crippen molar-refractivity contribution in [1.29, 1.82) is 0 Å². The van der Waals surface area contributed by atoms with Gasteiger partial charge in [0.2, 0.25) is 0 Å². The predicted octanol–water partition coefficient (Wildman–Crippen LogP) is 2.81. The molecule has 0 bridgehead atoms. The molecule has 0 saturated heterocycles. The third-order valence-electron chi connectivity index (χ3n) is 4.81. The number of aryl methyl sites for hydroxylation is 1. The number of benzene rings is 2. The van der Waals surface area contributed by atoms with Crippen LogP contribution in [0.2, 0.25) is 0 Å². The maximum atomic E-state index is 13.1. The van der Waals surface area contributed by atoms with Gasteiger partial charge in [0.15, 0.2) is 14.9 Å². The molecule has 9 heteroatoms. The second-order valence-electron chi connectivity index (χ2n) is 6.99. The number of hydrogen-bond donors (Lipinski definition) is 2. The Kier molecular flexibility index (Phi) is 6.97. The van der Waals surface area contributed by atoms with Gasteiger partial charge in [0.05, 0.1) is 36.0 Å². The van der Waals surface area contributed by atoms with Crippen molar-refractivity contribution in [2.75, 3.05) is 19.5 Å². The summed E-state index contributed by atoms with van der Waals surface area (Å²) in [6.07, 6.45) is 0. The number of thiocarbonyl (C=S) groups is 1. The Bertz CT molecular complexity index is 1110. The van der Waals surface area contributed by atoms with Gasteiger partial charge in [-0.3, -0.25) is 0 Å². The molecular weight excluding hydrogens is 436 g/mol. The minimum Gasteiger partial charge on any atom is -0.497 e. The summed E-state index contributed by atoms with van der Waals surface area (Å²) in [5, 5.41) is 6.13. The van der Waals surface area contributed by atoms with Crippen LogP contribution in [-0.4, -0.2) is 39.0 Å². The first kappa shape index (κ1) is 22.8. The number of ether oxygens (including phenoxy) is 2. The Morgan fingerprint density at radius 3 is 2.32 bits per heavy atom. The molecule has 31 heavy (non-hydrogen) atoms. The molecule has 1 atom stereocenters. The highest BCUT2D eigenvalue weighted by molar-refractivity contribution is 7.91. The second-order valence-corrected chi connectivity index (χ2v) is 9.39. The van der Waals surface area contributed by atoms with Crippen LogP contribution in [0.4, 0.5) is 0 Å². The quantitative estimate of drug-likeness (QED) is 0.481. The van der Waals surface area contributed by atoms with Gasteiger partial charge in [0.25, 0.3) is 0 Å². The zero-order chi connectivity index (χ0) is 22.6. The maximum absolute atomic E-state index is 13.1. The molecular formula is C22H24N2O5S2. The molecule has 0 aliphatic carbocycles. The number of rotatable bonds is 7. The van der Waals surface area contributed by atoms with Crippen LogP contribution in [0.15, 0.2) is 64.7 Å². The van der Waals surface area contributed by atoms with Crippen molar-refractivity contribution in [3.63, 3.8) is 0 Å². The van der Waals surface area contributed by atoms with Gasteiger partial charge in [0, 0.05) is 5.70 Å². The number of hydrogen-bond acceptors (Lipinski definition) is 6. The number of esters is 1. The van der Waals surface area contributed by atoms with E-state index in [1.807, 2.05) is 6.92 Å². The Morgan fingerprint density at radius 1 is 1.10 bits per heavy atom. The van der Waals surface area contributed by atoms with E-state index in [1.165, 1.54) is 0 Å². The zero-order valence-electron chi connectivity index (χ0n) is 17.5. The lowest BCUT2D eigenvalue weighted by atomic mass is 9.95. The molecule has 1 aliphatic heterocycles. The lowest BCUT2D eigenvalue weighted by Crippen LogP contribution is -2.47. The third-order valence-corrected chi connectivity index (χ3v) is 6.69. The number of carbonyl (C=O) groups excluding carboxylic acids is 1. The number of carbonyl (C=O) groups is 1. The van der Waals surface area contributed by atoms with Crippen LogP contribution in [-0.2, 0) is 19.4 Å². The third kappa shape index (κ3) is 5.23. The number of nitrogens with one attached hydrogen (secondary N) is 2. The standard InChI is InChI=1S/C22H24N2O5S2/c1-4-29-21(25)19-18(13-31(26,27)17-11-5-14(2)6-12-17)23-22(30)24-20(19)15-7-9-16(28-3)10-8-15/h5-12,20H,4,13H2,1-3H3,(H2,23,24,30). The maximum Gasteiger partial charge on any atom is 0.338 e. The van der Waals surface area contributed by atoms with E-state index in [0.29, 0.717) is 5.75 Å². The summed E-state index contributed by atoms with van der Waals surface area (Å²) >= 11 is 5.31. The fourth-order valence-corrected chi connectivity index (χ4v) is 4.81. The van der Waals surface area contributed by atoms with E-state index in [0.717, 1.165) is 11.1 Å². The molecule has 1 heterocycles. The van der Waals surface area contributed by atoms with Crippen molar-refractivity contribution in [3.05, 3.63) is 70.9 Å². The minimum atomic E-state index is -3.73. The minimum absolute atomic E-state index is 0.153. The normalized spacial score (nSPS) is 16.4. The topological polar surface area (TPSA) is 93.7 Å². The van der Waals surface area contributed by atoms with Crippen molar-refractivity contribution in [2.45, 2.75) is 24.8 Å². The summed E-state index contributed by atoms with van der Waals surface area (Å²) in [4.78, 5) is 13.0. The SMILES string of the molecule is CCOC(=O)C1=C(CS(=O)(=O)c2ccc(C)cc2)NC(=S)NC1c1ccc(OC)cc1. The fourth-order valence-electron chi connectivity index (χ4n) is 3.25. The molecule has 2 aromatic carbocycles. The van der Waals surface area contributed by atoms with Gasteiger partial charge in [-0.1, -0.05) is 29.8 Å². The molecule has 1 aliphatic rings. The Balaban J connectivity index is 2.07. The van der Waals surface area contributed by atoms with E-state index >= 15 is 0 Å². The molecule has 7 nitrogen and oxygen atoms in total. The summed E-state index contributed by atoms with van der Waals surface area (Å²) in [5.74, 6) is -0.373. The Labute approximate surface area is 187 Å². The highest BCUT2D eigenvalue weighted by atomic mass is 32.2.